The number of ether oxygens (including phenoxy) is 1. The van der Waals surface area contributed by atoms with Gasteiger partial charge in [-0.05, 0) is 13.3 Å². The molecule has 0 spiro atoms. The lowest BCUT2D eigenvalue weighted by molar-refractivity contribution is -0.959. The Hall–Kier alpha value is -0.0800. The molecule has 2 nitrogen and oxygen atoms in total. The van der Waals surface area contributed by atoms with Crippen molar-refractivity contribution >= 4 is 0 Å². The van der Waals surface area contributed by atoms with Crippen molar-refractivity contribution in [2.45, 2.75) is 46.3 Å². The number of hydrogen-bond acceptors (Lipinski definition) is 1. The van der Waals surface area contributed by atoms with Crippen molar-refractivity contribution in [3.05, 3.63) is 0 Å². The fourth-order valence-electron chi connectivity index (χ4n) is 2.58. The molecule has 0 bridgehead atoms. The molecule has 0 radical (unpaired) electrons. The third-order valence-electron chi connectivity index (χ3n) is 3.31. The summed E-state index contributed by atoms with van der Waals surface area (Å²) in [5.41, 5.74) is 0. The molecule has 13 heavy (non-hydrogen) atoms. The van der Waals surface area contributed by atoms with Crippen molar-refractivity contribution in [2.24, 2.45) is 0 Å². The third-order valence-corrected chi connectivity index (χ3v) is 3.31. The predicted molar refractivity (Wildman–Crippen MR) is 55.5 cm³/mol. The molecule has 1 aliphatic rings. The molecule has 1 saturated heterocycles. The fourth-order valence-corrected chi connectivity index (χ4v) is 2.58. The number of quaternary nitrogens is 1. The van der Waals surface area contributed by atoms with Gasteiger partial charge in [0.2, 0.25) is 0 Å². The number of hydrogen-bond donors (Lipinski definition) is 0. The molecule has 1 fully saturated rings. The Morgan fingerprint density at radius 1 is 1.23 bits per heavy atom. The minimum Gasteiger partial charge on any atom is -0.330 e. The van der Waals surface area contributed by atoms with Gasteiger partial charge < -0.3 is 4.74 Å². The molecule has 1 heterocycles. The Morgan fingerprint density at radius 3 is 2.31 bits per heavy atom. The normalized spacial score (nSPS) is 23.3. The van der Waals surface area contributed by atoms with Gasteiger partial charge in [0.15, 0.2) is 6.23 Å². The highest BCUT2D eigenvalue weighted by atomic mass is 16.5. The van der Waals surface area contributed by atoms with Crippen LogP contribution >= 0.6 is 0 Å². The van der Waals surface area contributed by atoms with Gasteiger partial charge in [0.05, 0.1) is 26.2 Å². The topological polar surface area (TPSA) is 9.23 Å². The van der Waals surface area contributed by atoms with E-state index in [1.165, 1.54) is 43.4 Å². The Morgan fingerprint density at radius 2 is 1.85 bits per heavy atom. The first-order valence-corrected chi connectivity index (χ1v) is 5.72. The molecule has 1 atom stereocenters. The van der Waals surface area contributed by atoms with Crippen LogP contribution in [-0.4, -0.2) is 37.0 Å². The minimum atomic E-state index is 0.410. The van der Waals surface area contributed by atoms with Crippen LogP contribution < -0.4 is 0 Å². The minimum absolute atomic E-state index is 0.410. The first-order chi connectivity index (χ1) is 6.25. The van der Waals surface area contributed by atoms with Crippen LogP contribution in [0.25, 0.3) is 0 Å². The first-order valence-electron chi connectivity index (χ1n) is 5.72. The van der Waals surface area contributed by atoms with Crippen molar-refractivity contribution in [1.82, 2.24) is 0 Å². The van der Waals surface area contributed by atoms with E-state index in [0.717, 1.165) is 6.61 Å². The number of likely N-dealkylation sites (tertiary alicyclic amines) is 1. The monoisotopic (exact) mass is 186 g/mol. The molecule has 0 aromatic heterocycles. The molecule has 1 unspecified atom stereocenters. The van der Waals surface area contributed by atoms with Gasteiger partial charge in [-0.25, -0.2) is 0 Å². The second kappa shape index (κ2) is 4.97. The van der Waals surface area contributed by atoms with Crippen LogP contribution in [0.4, 0.5) is 0 Å². The van der Waals surface area contributed by atoms with Crippen LogP contribution in [0.3, 0.4) is 0 Å². The van der Waals surface area contributed by atoms with Gasteiger partial charge in [0.1, 0.15) is 0 Å². The molecule has 78 valence electrons. The molecule has 2 heteroatoms. The van der Waals surface area contributed by atoms with Crippen LogP contribution in [0.2, 0.25) is 0 Å². The molecule has 0 aliphatic carbocycles. The summed E-state index contributed by atoms with van der Waals surface area (Å²) in [4.78, 5) is 0. The van der Waals surface area contributed by atoms with Gasteiger partial charge in [0, 0.05) is 19.8 Å². The fraction of sp³-hybridized carbons (Fsp3) is 1.00. The standard InChI is InChI=1S/C11H24NO/c1-4-8-12(9-6-7-10-12)11(3)13-5-2/h11H,4-10H2,1-3H3/q+1. The average molecular weight is 186 g/mol. The lowest BCUT2D eigenvalue weighted by Gasteiger charge is -2.39. The van der Waals surface area contributed by atoms with E-state index in [4.69, 9.17) is 4.74 Å². The molecular formula is C11H24NO+. The lowest BCUT2D eigenvalue weighted by Crippen LogP contribution is -2.53. The summed E-state index contributed by atoms with van der Waals surface area (Å²) in [7, 11) is 0. The van der Waals surface area contributed by atoms with Gasteiger partial charge in [-0.3, -0.25) is 4.48 Å². The number of rotatable bonds is 5. The van der Waals surface area contributed by atoms with Crippen LogP contribution in [0.15, 0.2) is 0 Å². The van der Waals surface area contributed by atoms with Crippen molar-refractivity contribution in [1.29, 1.82) is 0 Å². The predicted octanol–water partition coefficient (Wildman–Crippen LogP) is 2.39. The molecule has 0 aromatic rings. The Kier molecular flexibility index (Phi) is 4.20. The summed E-state index contributed by atoms with van der Waals surface area (Å²) < 4.78 is 6.97. The largest absolute Gasteiger partial charge is 0.330 e. The van der Waals surface area contributed by atoms with Crippen molar-refractivity contribution in [2.75, 3.05) is 26.2 Å². The van der Waals surface area contributed by atoms with Crippen molar-refractivity contribution in [3.8, 4) is 0 Å². The van der Waals surface area contributed by atoms with E-state index < -0.39 is 0 Å². The summed E-state index contributed by atoms with van der Waals surface area (Å²) in [5, 5.41) is 0. The molecule has 0 amide bonds. The van der Waals surface area contributed by atoms with Crippen molar-refractivity contribution in [3.63, 3.8) is 0 Å². The average Bonchev–Trinajstić information content (AvgIpc) is 2.55. The maximum absolute atomic E-state index is 5.75. The van der Waals surface area contributed by atoms with E-state index in [0.29, 0.717) is 6.23 Å². The molecular weight excluding hydrogens is 162 g/mol. The second-order valence-electron chi connectivity index (χ2n) is 4.15. The van der Waals surface area contributed by atoms with E-state index in [1.807, 2.05) is 0 Å². The van der Waals surface area contributed by atoms with Crippen LogP contribution in [0.1, 0.15) is 40.0 Å². The zero-order chi connectivity index (χ0) is 9.73. The molecule has 0 N–H and O–H groups in total. The van der Waals surface area contributed by atoms with E-state index in [-0.39, 0.29) is 0 Å². The summed E-state index contributed by atoms with van der Waals surface area (Å²) >= 11 is 0. The SMILES string of the molecule is CCC[N+]1(C(C)OCC)CCCC1. The van der Waals surface area contributed by atoms with Crippen LogP contribution in [0.5, 0.6) is 0 Å². The summed E-state index contributed by atoms with van der Waals surface area (Å²) in [6.45, 7) is 11.4. The van der Waals surface area contributed by atoms with Gasteiger partial charge in [0.25, 0.3) is 0 Å². The van der Waals surface area contributed by atoms with Gasteiger partial charge in [-0.15, -0.1) is 0 Å². The quantitative estimate of drug-likeness (QED) is 0.599. The Balaban J connectivity index is 2.54. The summed E-state index contributed by atoms with van der Waals surface area (Å²) in [6.07, 6.45) is 4.46. The van der Waals surface area contributed by atoms with Gasteiger partial charge in [-0.2, -0.15) is 0 Å². The lowest BCUT2D eigenvalue weighted by atomic mass is 10.3. The maximum Gasteiger partial charge on any atom is 0.190 e. The summed E-state index contributed by atoms with van der Waals surface area (Å²) in [6, 6.07) is 0. The summed E-state index contributed by atoms with van der Waals surface area (Å²) in [5.74, 6) is 0. The molecule has 0 saturated carbocycles. The number of nitrogens with zero attached hydrogens (tertiary/aromatic N) is 1. The van der Waals surface area contributed by atoms with E-state index in [2.05, 4.69) is 20.8 Å². The zero-order valence-corrected chi connectivity index (χ0v) is 9.38. The Labute approximate surface area is 82.5 Å². The Bertz CT molecular complexity index is 141. The zero-order valence-electron chi connectivity index (χ0n) is 9.38. The molecule has 1 rings (SSSR count). The highest BCUT2D eigenvalue weighted by Gasteiger charge is 2.36. The third kappa shape index (κ3) is 2.44. The maximum atomic E-state index is 5.75. The van der Waals surface area contributed by atoms with E-state index >= 15 is 0 Å². The van der Waals surface area contributed by atoms with E-state index in [9.17, 15) is 0 Å². The van der Waals surface area contributed by atoms with Gasteiger partial charge >= 0.3 is 0 Å². The molecule has 1 aliphatic heterocycles. The smallest absolute Gasteiger partial charge is 0.190 e. The second-order valence-corrected chi connectivity index (χ2v) is 4.15. The van der Waals surface area contributed by atoms with Crippen LogP contribution in [0, 0.1) is 0 Å². The first kappa shape index (κ1) is 11.0. The van der Waals surface area contributed by atoms with Crippen LogP contribution in [-0.2, 0) is 4.74 Å². The van der Waals surface area contributed by atoms with Gasteiger partial charge in [-0.1, -0.05) is 6.92 Å². The molecule has 0 aromatic carbocycles. The highest BCUT2D eigenvalue weighted by Crippen LogP contribution is 2.24. The van der Waals surface area contributed by atoms with E-state index in [1.54, 1.807) is 0 Å². The van der Waals surface area contributed by atoms with Crippen molar-refractivity contribution < 1.29 is 9.22 Å². The highest BCUT2D eigenvalue weighted by molar-refractivity contribution is 4.56.